The van der Waals surface area contributed by atoms with Crippen LogP contribution in [-0.2, 0) is 5.41 Å². The highest BCUT2D eigenvalue weighted by Crippen LogP contribution is 2.53. The van der Waals surface area contributed by atoms with E-state index in [1.165, 1.54) is 69.9 Å². The number of nitriles is 1. The van der Waals surface area contributed by atoms with Crippen LogP contribution in [0.5, 0.6) is 0 Å². The second-order valence-electron chi connectivity index (χ2n) is 36.5. The van der Waals surface area contributed by atoms with Crippen LogP contribution < -0.4 is 0 Å². The molecule has 0 bridgehead atoms. The maximum atomic E-state index is 9.31. The molecule has 0 unspecified atom stereocenters. The van der Waals surface area contributed by atoms with Crippen molar-refractivity contribution in [1.82, 2.24) is 43.6 Å². The number of benzene rings is 19. The standard InChI is InChI=1S/C45H24N4O2.C44H25N3OS.C36H24N4/c46-25-26-13-15-27(16-14-26)30-17-19-34-41(24-30)51-44-42(31-18-20-40-36(22-31)33-10-4-6-12-39(33)50-40)47-45(48-43(34)44)49-37-11-5-3-9-32(37)35-21-28-7-1-2-8-29(28)23-38(35)49;1-2-10-26(11-3-1)29-19-21-40-35(23-29)42-43(49-40)41(30-18-20-39-34(24-30)32-15-7-9-17-38(32)48-39)45-44(46-42)47-36-16-8-6-14-31(36)33-22-27-12-4-5-13-28(27)25-37(33)47;1-36(2)29-14-8-6-13-27(29)34-32(36)33(22-16-18-25(37-3)19-17-22)38-35(39-34)40-30-15-9-7-12-26(30)28-20-23-10-4-5-11-24(23)21-31(28)40/h1-24H;1-25H;4-21H,1-2H3. The van der Waals surface area contributed by atoms with Crippen LogP contribution in [0.3, 0.4) is 0 Å². The fraction of sp³-hybridized carbons (Fsp3) is 0.0240. The fourth-order valence-electron chi connectivity index (χ4n) is 21.5. The highest BCUT2D eigenvalue weighted by atomic mass is 32.1. The summed E-state index contributed by atoms with van der Waals surface area (Å²) in [6.45, 7) is 11.9. The Bertz CT molecular complexity index is 10400. The van der Waals surface area contributed by atoms with Gasteiger partial charge in [0.15, 0.2) is 11.3 Å². The smallest absolute Gasteiger partial charge is 0.236 e. The third-order valence-electron chi connectivity index (χ3n) is 28.2. The fourth-order valence-corrected chi connectivity index (χ4v) is 22.7. The van der Waals surface area contributed by atoms with E-state index in [2.05, 4.69) is 348 Å². The number of hydrogen-bond acceptors (Lipinski definition) is 11. The van der Waals surface area contributed by atoms with E-state index in [9.17, 15) is 5.26 Å². The van der Waals surface area contributed by atoms with E-state index in [0.717, 1.165) is 176 Å². The second kappa shape index (κ2) is 31.1. The van der Waals surface area contributed by atoms with Gasteiger partial charge in [0.05, 0.1) is 78.6 Å². The molecule has 10 aromatic heterocycles. The van der Waals surface area contributed by atoms with Crippen LogP contribution in [0.15, 0.2) is 420 Å². The van der Waals surface area contributed by atoms with Crippen molar-refractivity contribution < 1.29 is 13.3 Å². The average Bonchev–Trinajstić information content (AvgIpc) is 1.54. The third kappa shape index (κ3) is 12.6. The number of fused-ring (bicyclic) bond motifs is 27. The molecule has 15 heteroatoms. The molecular weight excluding hydrogens is 1740 g/mol. The van der Waals surface area contributed by atoms with Crippen molar-refractivity contribution in [2.75, 3.05) is 0 Å². The molecule has 0 atom stereocenters. The van der Waals surface area contributed by atoms with E-state index in [1.807, 2.05) is 97.1 Å². The lowest BCUT2D eigenvalue weighted by Gasteiger charge is -2.24. The summed E-state index contributed by atoms with van der Waals surface area (Å²) in [6.07, 6.45) is 0. The zero-order valence-electron chi connectivity index (χ0n) is 75.2. The van der Waals surface area contributed by atoms with Gasteiger partial charge < -0.3 is 13.3 Å². The molecule has 10 heterocycles. The second-order valence-corrected chi connectivity index (χ2v) is 37.6. The van der Waals surface area contributed by atoms with E-state index in [-0.39, 0.29) is 5.41 Å². The minimum absolute atomic E-state index is 0.269. The van der Waals surface area contributed by atoms with Crippen LogP contribution in [0.4, 0.5) is 5.69 Å². The molecule has 1 aliphatic carbocycles. The molecule has 19 aromatic carbocycles. The van der Waals surface area contributed by atoms with Crippen LogP contribution in [0.2, 0.25) is 0 Å². The molecule has 0 saturated carbocycles. The molecule has 0 N–H and O–H groups in total. The molecule has 29 aromatic rings. The molecule has 1 aliphatic rings. The lowest BCUT2D eigenvalue weighted by Crippen LogP contribution is -2.18. The first-order chi connectivity index (χ1) is 69.0. The van der Waals surface area contributed by atoms with Crippen molar-refractivity contribution in [3.63, 3.8) is 0 Å². The number of thiophene rings is 1. The van der Waals surface area contributed by atoms with Gasteiger partial charge in [-0.25, -0.2) is 34.7 Å². The first kappa shape index (κ1) is 79.7. The summed E-state index contributed by atoms with van der Waals surface area (Å²) in [4.78, 5) is 35.9. The Labute approximate surface area is 802 Å². The summed E-state index contributed by atoms with van der Waals surface area (Å²) in [5, 5.41) is 29.7. The Morgan fingerprint density at radius 3 is 1.26 bits per heavy atom. The summed E-state index contributed by atoms with van der Waals surface area (Å²) in [6, 6.07) is 143. The van der Waals surface area contributed by atoms with E-state index in [1.54, 1.807) is 11.3 Å². The van der Waals surface area contributed by atoms with E-state index < -0.39 is 0 Å². The molecule has 0 aliphatic heterocycles. The molecule has 14 nitrogen and oxygen atoms in total. The van der Waals surface area contributed by atoms with Crippen molar-refractivity contribution in [3.05, 3.63) is 435 Å². The maximum Gasteiger partial charge on any atom is 0.236 e. The van der Waals surface area contributed by atoms with Gasteiger partial charge in [-0.3, -0.25) is 13.7 Å². The Balaban J connectivity index is 0.000000104. The Morgan fingerprint density at radius 1 is 0.293 bits per heavy atom. The van der Waals surface area contributed by atoms with Gasteiger partial charge in [-0.15, -0.1) is 11.3 Å². The Hall–Kier alpha value is -18.8. The van der Waals surface area contributed by atoms with Crippen molar-refractivity contribution in [3.8, 4) is 91.2 Å². The molecule has 0 fully saturated rings. The number of hydrogen-bond donors (Lipinski definition) is 0. The SMILES string of the molecule is N#Cc1ccc(-c2ccc3c(c2)oc2c(-c4ccc5oc6ccccc6c5c4)nc(-n4c5ccccc5c5cc6ccccc6cc54)nc23)cc1.[C-]#[N+]c1ccc(-c2nc(-n3c4ccccc4c4cc5ccccc5cc43)nc3c2C(C)(C)c2ccccc2-3)cc1.c1ccc(-c2ccc3sc4c(-c5ccc6oc7ccccc7c6c5)nc(-n5c6ccccc6c6cc7ccccc7cc65)nc4c3c2)cc1. The van der Waals surface area contributed by atoms with Gasteiger partial charge in [-0.1, -0.05) is 281 Å². The molecule has 0 radical (unpaired) electrons. The molecule has 652 valence electrons. The van der Waals surface area contributed by atoms with Gasteiger partial charge >= 0.3 is 0 Å². The number of nitrogens with zero attached hydrogens (tertiary/aromatic N) is 11. The topological polar surface area (TPSA) is 160 Å². The number of para-hydroxylation sites is 5. The highest BCUT2D eigenvalue weighted by molar-refractivity contribution is 7.26. The minimum Gasteiger partial charge on any atom is -0.456 e. The van der Waals surface area contributed by atoms with Crippen molar-refractivity contribution >= 4 is 201 Å². The first-order valence-corrected chi connectivity index (χ1v) is 47.5. The summed E-state index contributed by atoms with van der Waals surface area (Å²) in [7, 11) is 0. The van der Waals surface area contributed by atoms with Gasteiger partial charge in [0.25, 0.3) is 0 Å². The first-order valence-electron chi connectivity index (χ1n) is 46.7. The van der Waals surface area contributed by atoms with E-state index >= 15 is 0 Å². The van der Waals surface area contributed by atoms with Gasteiger partial charge in [-0.05, 0) is 205 Å². The zero-order chi connectivity index (χ0) is 92.7. The van der Waals surface area contributed by atoms with Crippen LogP contribution in [-0.4, -0.2) is 43.6 Å². The lowest BCUT2D eigenvalue weighted by molar-refractivity contribution is 0.657. The number of aromatic nitrogens is 9. The van der Waals surface area contributed by atoms with Crippen molar-refractivity contribution in [2.24, 2.45) is 0 Å². The summed E-state index contributed by atoms with van der Waals surface area (Å²) in [5.41, 5.74) is 28.1. The van der Waals surface area contributed by atoms with Crippen LogP contribution >= 0.6 is 11.3 Å². The normalized spacial score (nSPS) is 12.4. The molecular formula is C125H73N11O3S. The minimum atomic E-state index is -0.269. The largest absolute Gasteiger partial charge is 0.456 e. The molecule has 140 heavy (non-hydrogen) atoms. The predicted molar refractivity (Wildman–Crippen MR) is 572 cm³/mol. The van der Waals surface area contributed by atoms with Gasteiger partial charge in [0.2, 0.25) is 17.8 Å². The number of furan rings is 3. The van der Waals surface area contributed by atoms with E-state index in [4.69, 9.17) is 49.7 Å². The average molecular weight is 1810 g/mol. The lowest BCUT2D eigenvalue weighted by atomic mass is 9.81. The zero-order valence-corrected chi connectivity index (χ0v) is 76.1. The van der Waals surface area contributed by atoms with Crippen molar-refractivity contribution in [2.45, 2.75) is 19.3 Å². The molecule has 0 saturated heterocycles. The van der Waals surface area contributed by atoms with Crippen LogP contribution in [0.25, 0.3) is 274 Å². The summed E-state index contributed by atoms with van der Waals surface area (Å²) in [5.74, 6) is 1.87. The number of rotatable bonds is 8. The van der Waals surface area contributed by atoms with Crippen molar-refractivity contribution in [1.29, 1.82) is 5.26 Å². The van der Waals surface area contributed by atoms with Gasteiger partial charge in [0, 0.05) is 97.0 Å². The molecule has 0 spiro atoms. The van der Waals surface area contributed by atoms with E-state index in [0.29, 0.717) is 46.0 Å². The van der Waals surface area contributed by atoms with Gasteiger partial charge in [-0.2, -0.15) is 5.26 Å². The van der Waals surface area contributed by atoms with Crippen LogP contribution in [0, 0.1) is 17.9 Å². The predicted octanol–water partition coefficient (Wildman–Crippen LogP) is 33.3. The Morgan fingerprint density at radius 2 is 0.707 bits per heavy atom. The summed E-state index contributed by atoms with van der Waals surface area (Å²) < 4.78 is 28.0. The highest BCUT2D eigenvalue weighted by Gasteiger charge is 2.41. The Kier molecular flexibility index (Phi) is 17.7. The maximum absolute atomic E-state index is 9.31. The quantitative estimate of drug-likeness (QED) is 0.134. The third-order valence-corrected chi connectivity index (χ3v) is 29.4. The monoisotopic (exact) mass is 1810 g/mol. The summed E-state index contributed by atoms with van der Waals surface area (Å²) >= 11 is 1.76. The van der Waals surface area contributed by atoms with Gasteiger partial charge in [0.1, 0.15) is 39.1 Å². The van der Waals surface area contributed by atoms with Crippen LogP contribution in [0.1, 0.15) is 30.5 Å². The molecule has 0 amide bonds. The molecule has 30 rings (SSSR count).